The standard InChI is InChI=1S/C31H46O8/c1-7-11-12-23(8-2)21-37-22-28(32)31(34,29(38-9-3)39-10-4)30(33,24-13-17-26(35-5)18-14-24)25-15-19-27(36-6)20-16-25/h13-20,23,29,33-34H,7-12,21-22H2,1-6H3. The lowest BCUT2D eigenvalue weighted by Crippen LogP contribution is -2.66. The fourth-order valence-corrected chi connectivity index (χ4v) is 4.69. The maximum atomic E-state index is 14.0. The molecule has 0 bridgehead atoms. The van der Waals surface area contributed by atoms with Crippen LogP contribution in [0.3, 0.4) is 0 Å². The van der Waals surface area contributed by atoms with E-state index < -0.39 is 29.9 Å². The summed E-state index contributed by atoms with van der Waals surface area (Å²) in [5, 5.41) is 25.0. The third-order valence-electron chi connectivity index (χ3n) is 7.10. The van der Waals surface area contributed by atoms with Gasteiger partial charge >= 0.3 is 0 Å². The van der Waals surface area contributed by atoms with Gasteiger partial charge in [0, 0.05) is 19.8 Å². The average Bonchev–Trinajstić information content (AvgIpc) is 2.97. The Morgan fingerprint density at radius 1 is 0.821 bits per heavy atom. The molecule has 0 aliphatic heterocycles. The van der Waals surface area contributed by atoms with E-state index in [0.717, 1.165) is 25.7 Å². The van der Waals surface area contributed by atoms with E-state index in [0.29, 0.717) is 24.0 Å². The van der Waals surface area contributed by atoms with Gasteiger partial charge in [-0.3, -0.25) is 4.79 Å². The van der Waals surface area contributed by atoms with Crippen LogP contribution in [0.4, 0.5) is 0 Å². The second-order valence-corrected chi connectivity index (χ2v) is 9.53. The van der Waals surface area contributed by atoms with Crippen LogP contribution in [-0.2, 0) is 24.6 Å². The van der Waals surface area contributed by atoms with Gasteiger partial charge in [0.2, 0.25) is 5.60 Å². The molecule has 0 fully saturated rings. The zero-order chi connectivity index (χ0) is 28.9. The van der Waals surface area contributed by atoms with Crippen LogP contribution in [-0.4, -0.2) is 68.5 Å². The first kappa shape index (κ1) is 32.7. The predicted octanol–water partition coefficient (Wildman–Crippen LogP) is 4.87. The number of carbonyl (C=O) groups excluding carboxylic acids is 1. The third kappa shape index (κ3) is 7.58. The van der Waals surface area contributed by atoms with Crippen LogP contribution in [0.15, 0.2) is 48.5 Å². The molecule has 0 aliphatic carbocycles. The van der Waals surface area contributed by atoms with Crippen molar-refractivity contribution < 1.29 is 38.7 Å². The molecule has 0 radical (unpaired) electrons. The number of unbranched alkanes of at least 4 members (excludes halogenated alkanes) is 1. The lowest BCUT2D eigenvalue weighted by Gasteiger charge is -2.46. The minimum atomic E-state index is -2.58. The van der Waals surface area contributed by atoms with Gasteiger partial charge in [-0.2, -0.15) is 0 Å². The SMILES string of the molecule is CCCCC(CC)COCC(=O)C(O)(C(OCC)OCC)C(O)(c1ccc(OC)cc1)c1ccc(OC)cc1. The van der Waals surface area contributed by atoms with Crippen molar-refractivity contribution in [3.05, 3.63) is 59.7 Å². The summed E-state index contributed by atoms with van der Waals surface area (Å²) in [4.78, 5) is 14.0. The average molecular weight is 547 g/mol. The van der Waals surface area contributed by atoms with E-state index in [9.17, 15) is 15.0 Å². The van der Waals surface area contributed by atoms with Gasteiger partial charge in [-0.1, -0.05) is 57.4 Å². The number of methoxy groups -OCH3 is 2. The van der Waals surface area contributed by atoms with Gasteiger partial charge in [0.1, 0.15) is 18.1 Å². The lowest BCUT2D eigenvalue weighted by atomic mass is 9.70. The molecule has 0 aliphatic rings. The number of carbonyl (C=O) groups is 1. The minimum absolute atomic E-state index is 0.136. The Labute approximate surface area is 233 Å². The van der Waals surface area contributed by atoms with Crippen molar-refractivity contribution in [2.45, 2.75) is 70.9 Å². The molecule has 2 unspecified atom stereocenters. The Hall–Kier alpha value is -2.49. The molecule has 0 aromatic heterocycles. The molecule has 2 aromatic rings. The molecule has 2 rings (SSSR count). The summed E-state index contributed by atoms with van der Waals surface area (Å²) < 4.78 is 28.0. The van der Waals surface area contributed by atoms with Gasteiger partial charge in [0.25, 0.3) is 0 Å². The zero-order valence-corrected chi connectivity index (χ0v) is 24.3. The third-order valence-corrected chi connectivity index (χ3v) is 7.10. The van der Waals surface area contributed by atoms with Crippen LogP contribution in [0, 0.1) is 5.92 Å². The molecule has 39 heavy (non-hydrogen) atoms. The highest BCUT2D eigenvalue weighted by Crippen LogP contribution is 2.44. The highest BCUT2D eigenvalue weighted by atomic mass is 16.7. The Morgan fingerprint density at radius 3 is 1.69 bits per heavy atom. The van der Waals surface area contributed by atoms with Gasteiger partial charge in [0.05, 0.1) is 14.2 Å². The van der Waals surface area contributed by atoms with E-state index in [1.165, 1.54) is 14.2 Å². The van der Waals surface area contributed by atoms with E-state index in [4.69, 9.17) is 23.7 Å². The summed E-state index contributed by atoms with van der Waals surface area (Å²) in [7, 11) is 3.07. The topological polar surface area (TPSA) is 104 Å². The van der Waals surface area contributed by atoms with Crippen LogP contribution in [0.2, 0.25) is 0 Å². The second kappa shape index (κ2) is 15.9. The van der Waals surface area contributed by atoms with Crippen molar-refractivity contribution in [1.29, 1.82) is 0 Å². The summed E-state index contributed by atoms with van der Waals surface area (Å²) in [5.74, 6) is 0.645. The van der Waals surface area contributed by atoms with Crippen molar-refractivity contribution in [2.75, 3.05) is 40.6 Å². The lowest BCUT2D eigenvalue weighted by molar-refractivity contribution is -0.275. The highest BCUT2D eigenvalue weighted by molar-refractivity contribution is 5.91. The van der Waals surface area contributed by atoms with Crippen LogP contribution in [0.5, 0.6) is 11.5 Å². The Kier molecular flexibility index (Phi) is 13.4. The smallest absolute Gasteiger partial charge is 0.213 e. The predicted molar refractivity (Wildman–Crippen MR) is 150 cm³/mol. The molecular weight excluding hydrogens is 500 g/mol. The zero-order valence-electron chi connectivity index (χ0n) is 24.3. The van der Waals surface area contributed by atoms with E-state index in [1.807, 2.05) is 0 Å². The van der Waals surface area contributed by atoms with E-state index in [2.05, 4.69) is 13.8 Å². The normalized spacial score (nSPS) is 14.2. The molecule has 218 valence electrons. The highest BCUT2D eigenvalue weighted by Gasteiger charge is 2.62. The molecule has 2 aromatic carbocycles. The van der Waals surface area contributed by atoms with Crippen molar-refractivity contribution in [1.82, 2.24) is 0 Å². The van der Waals surface area contributed by atoms with Crippen molar-refractivity contribution in [3.63, 3.8) is 0 Å². The molecule has 0 spiro atoms. The molecule has 0 heterocycles. The summed E-state index contributed by atoms with van der Waals surface area (Å²) in [6, 6.07) is 13.0. The first-order valence-electron chi connectivity index (χ1n) is 13.8. The molecule has 0 amide bonds. The van der Waals surface area contributed by atoms with Gasteiger partial charge in [-0.15, -0.1) is 0 Å². The Morgan fingerprint density at radius 2 is 1.31 bits per heavy atom. The Bertz CT molecular complexity index is 922. The number of rotatable bonds is 19. The summed E-state index contributed by atoms with van der Waals surface area (Å²) in [6.07, 6.45) is 2.58. The number of hydrogen-bond acceptors (Lipinski definition) is 8. The van der Waals surface area contributed by atoms with E-state index in [1.54, 1.807) is 62.4 Å². The Balaban J connectivity index is 2.65. The van der Waals surface area contributed by atoms with Gasteiger partial charge in [-0.25, -0.2) is 0 Å². The monoisotopic (exact) mass is 546 g/mol. The number of hydrogen-bond donors (Lipinski definition) is 2. The van der Waals surface area contributed by atoms with Crippen LogP contribution in [0.1, 0.15) is 64.5 Å². The summed E-state index contributed by atoms with van der Waals surface area (Å²) in [5.41, 5.74) is -4.35. The van der Waals surface area contributed by atoms with Crippen molar-refractivity contribution in [2.24, 2.45) is 5.92 Å². The number of ketones is 1. The van der Waals surface area contributed by atoms with Gasteiger partial charge in [0.15, 0.2) is 17.7 Å². The number of ether oxygens (including phenoxy) is 5. The number of benzene rings is 2. The quantitative estimate of drug-likeness (QED) is 0.241. The molecular formula is C31H46O8. The molecule has 2 N–H and O–H groups in total. The maximum absolute atomic E-state index is 14.0. The van der Waals surface area contributed by atoms with Crippen LogP contribution in [0.25, 0.3) is 0 Å². The summed E-state index contributed by atoms with van der Waals surface area (Å²) >= 11 is 0. The summed E-state index contributed by atoms with van der Waals surface area (Å²) in [6.45, 7) is 7.90. The largest absolute Gasteiger partial charge is 0.497 e. The fraction of sp³-hybridized carbons (Fsp3) is 0.581. The first-order chi connectivity index (χ1) is 18.8. The molecule has 0 saturated carbocycles. The van der Waals surface area contributed by atoms with Gasteiger partial charge < -0.3 is 33.9 Å². The first-order valence-corrected chi connectivity index (χ1v) is 13.8. The number of Topliss-reactive ketones (excluding diaryl/α,β-unsaturated/α-hetero) is 1. The second-order valence-electron chi connectivity index (χ2n) is 9.53. The van der Waals surface area contributed by atoms with E-state index in [-0.39, 0.29) is 24.3 Å². The number of aliphatic hydroxyl groups is 2. The van der Waals surface area contributed by atoms with Crippen LogP contribution >= 0.6 is 0 Å². The van der Waals surface area contributed by atoms with Crippen molar-refractivity contribution >= 4 is 5.78 Å². The maximum Gasteiger partial charge on any atom is 0.213 e. The van der Waals surface area contributed by atoms with Gasteiger partial charge in [-0.05, 0) is 61.6 Å². The van der Waals surface area contributed by atoms with E-state index >= 15 is 0 Å². The van der Waals surface area contributed by atoms with Crippen molar-refractivity contribution in [3.8, 4) is 11.5 Å². The molecule has 0 saturated heterocycles. The van der Waals surface area contributed by atoms with Crippen LogP contribution < -0.4 is 9.47 Å². The fourth-order valence-electron chi connectivity index (χ4n) is 4.69. The molecule has 2 atom stereocenters. The molecule has 8 nitrogen and oxygen atoms in total. The molecule has 8 heteroatoms. The minimum Gasteiger partial charge on any atom is -0.497 e.